The average molecular weight is 493 g/mol. The summed E-state index contributed by atoms with van der Waals surface area (Å²) < 4.78 is 33.8. The van der Waals surface area contributed by atoms with Crippen LogP contribution in [0, 0.1) is 24.0 Å². The molecule has 0 aliphatic rings. The van der Waals surface area contributed by atoms with Gasteiger partial charge in [0.15, 0.2) is 5.78 Å². The molecule has 3 aromatic carbocycles. The quantitative estimate of drug-likeness (QED) is 0.206. The first-order valence-corrected chi connectivity index (χ1v) is 11.9. The van der Waals surface area contributed by atoms with Crippen LogP contribution in [0.1, 0.15) is 39.0 Å². The number of ketones is 1. The third kappa shape index (κ3) is 4.19. The third-order valence-electron chi connectivity index (χ3n) is 5.55. The highest BCUT2D eigenvalue weighted by Crippen LogP contribution is 2.34. The van der Waals surface area contributed by atoms with E-state index in [4.69, 9.17) is 4.42 Å². The molecule has 0 atom stereocenters. The van der Waals surface area contributed by atoms with Crippen molar-refractivity contribution in [2.45, 2.75) is 25.7 Å². The standard InChI is InChI=1S/C25H20N2O7S/c1-15-9-11-20(14-22(15)27(30)31)35(32,33)26(25(29)18-7-5-4-6-8-18)19-10-12-23-21(13-19)24(16(2)28)17(3)34-23/h4-14H,1-3H3. The summed E-state index contributed by atoms with van der Waals surface area (Å²) in [5.74, 6) is -0.781. The van der Waals surface area contributed by atoms with Crippen molar-refractivity contribution >= 4 is 44.1 Å². The van der Waals surface area contributed by atoms with Gasteiger partial charge >= 0.3 is 0 Å². The highest BCUT2D eigenvalue weighted by Gasteiger charge is 2.34. The normalized spacial score (nSPS) is 11.4. The molecule has 0 radical (unpaired) electrons. The molecule has 0 fully saturated rings. The monoisotopic (exact) mass is 492 g/mol. The summed E-state index contributed by atoms with van der Waals surface area (Å²) in [7, 11) is -4.61. The van der Waals surface area contributed by atoms with Gasteiger partial charge in [0.1, 0.15) is 11.3 Å². The van der Waals surface area contributed by atoms with Gasteiger partial charge in [-0.3, -0.25) is 19.7 Å². The number of aryl methyl sites for hydroxylation is 2. The van der Waals surface area contributed by atoms with E-state index in [1.54, 1.807) is 25.1 Å². The number of sulfonamides is 1. The Morgan fingerprint density at radius 2 is 1.66 bits per heavy atom. The van der Waals surface area contributed by atoms with Crippen LogP contribution in [-0.4, -0.2) is 25.0 Å². The number of nitro groups is 1. The first-order valence-electron chi connectivity index (χ1n) is 10.5. The second kappa shape index (κ2) is 8.80. The highest BCUT2D eigenvalue weighted by molar-refractivity contribution is 7.93. The molecule has 9 nitrogen and oxygen atoms in total. The van der Waals surface area contributed by atoms with Crippen molar-refractivity contribution in [1.82, 2.24) is 0 Å². The third-order valence-corrected chi connectivity index (χ3v) is 7.26. The predicted molar refractivity (Wildman–Crippen MR) is 129 cm³/mol. The molecule has 1 heterocycles. The Balaban J connectivity index is 1.98. The van der Waals surface area contributed by atoms with Gasteiger partial charge < -0.3 is 4.42 Å². The fourth-order valence-corrected chi connectivity index (χ4v) is 5.31. The van der Waals surface area contributed by atoms with Crippen LogP contribution in [0.3, 0.4) is 0 Å². The molecule has 4 rings (SSSR count). The topological polar surface area (TPSA) is 128 Å². The molecule has 0 bridgehead atoms. The van der Waals surface area contributed by atoms with Gasteiger partial charge in [-0.2, -0.15) is 4.31 Å². The number of hydrogen-bond donors (Lipinski definition) is 0. The molecule has 0 saturated carbocycles. The van der Waals surface area contributed by atoms with E-state index < -0.39 is 31.4 Å². The Morgan fingerprint density at radius 3 is 2.29 bits per heavy atom. The smallest absolute Gasteiger partial charge is 0.273 e. The Kier molecular flexibility index (Phi) is 5.99. The van der Waals surface area contributed by atoms with Crippen molar-refractivity contribution < 1.29 is 27.3 Å². The minimum Gasteiger partial charge on any atom is -0.461 e. The van der Waals surface area contributed by atoms with E-state index in [2.05, 4.69) is 0 Å². The predicted octanol–water partition coefficient (Wildman–Crippen LogP) is 5.20. The lowest BCUT2D eigenvalue weighted by Gasteiger charge is -2.23. The number of nitro benzene ring substituents is 1. The van der Waals surface area contributed by atoms with Crippen LogP contribution in [0.2, 0.25) is 0 Å². The Morgan fingerprint density at radius 1 is 0.971 bits per heavy atom. The van der Waals surface area contributed by atoms with Gasteiger partial charge in [-0.1, -0.05) is 24.3 Å². The number of Topliss-reactive ketones (excluding diaryl/α,β-unsaturated/α-hetero) is 1. The van der Waals surface area contributed by atoms with Crippen LogP contribution in [-0.2, 0) is 10.0 Å². The van der Waals surface area contributed by atoms with Gasteiger partial charge in [0, 0.05) is 22.6 Å². The maximum absolute atomic E-state index is 13.8. The van der Waals surface area contributed by atoms with E-state index >= 15 is 0 Å². The minimum absolute atomic E-state index is 0.0436. The summed E-state index contributed by atoms with van der Waals surface area (Å²) in [6.07, 6.45) is 0. The lowest BCUT2D eigenvalue weighted by Crippen LogP contribution is -2.37. The van der Waals surface area contributed by atoms with Crippen LogP contribution in [0.15, 0.2) is 76.0 Å². The molecule has 4 aromatic rings. The Bertz CT molecular complexity index is 1610. The molecule has 0 N–H and O–H groups in total. The molecule has 35 heavy (non-hydrogen) atoms. The zero-order chi connectivity index (χ0) is 25.5. The van der Waals surface area contributed by atoms with E-state index in [1.807, 2.05) is 0 Å². The van der Waals surface area contributed by atoms with E-state index in [0.717, 1.165) is 6.07 Å². The summed E-state index contributed by atoms with van der Waals surface area (Å²) in [5, 5.41) is 11.8. The van der Waals surface area contributed by atoms with Crippen LogP contribution < -0.4 is 4.31 Å². The van der Waals surface area contributed by atoms with Gasteiger partial charge in [0.05, 0.1) is 21.1 Å². The van der Waals surface area contributed by atoms with Gasteiger partial charge in [-0.05, 0) is 57.2 Å². The van der Waals surface area contributed by atoms with Gasteiger partial charge in [0.25, 0.3) is 21.6 Å². The van der Waals surface area contributed by atoms with Crippen molar-refractivity contribution in [2.75, 3.05) is 4.31 Å². The molecule has 0 unspecified atom stereocenters. The van der Waals surface area contributed by atoms with Crippen LogP contribution >= 0.6 is 0 Å². The second-order valence-electron chi connectivity index (χ2n) is 7.92. The maximum atomic E-state index is 13.8. The number of furan rings is 1. The largest absolute Gasteiger partial charge is 0.461 e. The number of amides is 1. The molecule has 0 aliphatic heterocycles. The first kappa shape index (κ1) is 23.8. The number of benzene rings is 3. The SMILES string of the molecule is CC(=O)c1c(C)oc2ccc(N(C(=O)c3ccccc3)S(=O)(=O)c3ccc(C)c([N+](=O)[O-])c3)cc12. The number of rotatable bonds is 6. The van der Waals surface area contributed by atoms with Gasteiger partial charge in [0.2, 0.25) is 0 Å². The molecule has 0 spiro atoms. The van der Waals surface area contributed by atoms with E-state index in [0.29, 0.717) is 21.0 Å². The van der Waals surface area contributed by atoms with E-state index in [-0.39, 0.29) is 28.2 Å². The molecule has 178 valence electrons. The zero-order valence-corrected chi connectivity index (χ0v) is 19.8. The summed E-state index contributed by atoms with van der Waals surface area (Å²) in [4.78, 5) is 36.1. The lowest BCUT2D eigenvalue weighted by atomic mass is 10.1. The molecular weight excluding hydrogens is 472 g/mol. The summed E-state index contributed by atoms with van der Waals surface area (Å²) in [6.45, 7) is 4.46. The number of carbonyl (C=O) groups excluding carboxylic acids is 2. The summed E-state index contributed by atoms with van der Waals surface area (Å²) in [6, 6.07) is 15.5. The number of anilines is 1. The van der Waals surface area contributed by atoms with Gasteiger partial charge in [-0.15, -0.1) is 0 Å². The lowest BCUT2D eigenvalue weighted by molar-refractivity contribution is -0.385. The fourth-order valence-electron chi connectivity index (χ4n) is 3.89. The number of carbonyl (C=O) groups is 2. The molecule has 1 amide bonds. The van der Waals surface area contributed by atoms with Crippen LogP contribution in [0.25, 0.3) is 11.0 Å². The fraction of sp³-hybridized carbons (Fsp3) is 0.120. The van der Waals surface area contributed by atoms with Crippen LogP contribution in [0.5, 0.6) is 0 Å². The van der Waals surface area contributed by atoms with Gasteiger partial charge in [-0.25, -0.2) is 8.42 Å². The first-order chi connectivity index (χ1) is 16.5. The number of nitrogens with zero attached hydrogens (tertiary/aromatic N) is 2. The van der Waals surface area contributed by atoms with E-state index in [1.165, 1.54) is 56.3 Å². The van der Waals surface area contributed by atoms with Crippen molar-refractivity contribution in [2.24, 2.45) is 0 Å². The molecule has 0 aliphatic carbocycles. The Labute approximate surface area is 200 Å². The molecular formula is C25H20N2O7S. The second-order valence-corrected chi connectivity index (χ2v) is 9.70. The summed E-state index contributed by atoms with van der Waals surface area (Å²) in [5.41, 5.74) is 0.560. The zero-order valence-electron chi connectivity index (χ0n) is 19.0. The maximum Gasteiger partial charge on any atom is 0.273 e. The Hall–Kier alpha value is -4.31. The van der Waals surface area contributed by atoms with E-state index in [9.17, 15) is 28.1 Å². The van der Waals surface area contributed by atoms with Crippen molar-refractivity contribution in [3.05, 3.63) is 99.3 Å². The van der Waals surface area contributed by atoms with Crippen molar-refractivity contribution in [1.29, 1.82) is 0 Å². The number of hydrogen-bond acceptors (Lipinski definition) is 7. The van der Waals surface area contributed by atoms with Crippen LogP contribution in [0.4, 0.5) is 11.4 Å². The van der Waals surface area contributed by atoms with Crippen molar-refractivity contribution in [3.8, 4) is 0 Å². The molecule has 1 aromatic heterocycles. The van der Waals surface area contributed by atoms with Crippen molar-refractivity contribution in [3.63, 3.8) is 0 Å². The highest BCUT2D eigenvalue weighted by atomic mass is 32.2. The molecule has 0 saturated heterocycles. The minimum atomic E-state index is -4.61. The summed E-state index contributed by atoms with van der Waals surface area (Å²) >= 11 is 0. The average Bonchev–Trinajstić information content (AvgIpc) is 3.14. The molecule has 10 heteroatoms. The number of fused-ring (bicyclic) bond motifs is 1.